The van der Waals surface area contributed by atoms with Crippen molar-refractivity contribution in [2.24, 2.45) is 0 Å². The molecule has 0 N–H and O–H groups in total. The molecule has 0 radical (unpaired) electrons. The van der Waals surface area contributed by atoms with Crippen LogP contribution in [0.25, 0.3) is 22.3 Å². The highest BCUT2D eigenvalue weighted by Gasteiger charge is 2.47. The lowest BCUT2D eigenvalue weighted by molar-refractivity contribution is 0.490. The molecule has 2 aliphatic carbocycles. The first-order chi connectivity index (χ1) is 28.7. The van der Waals surface area contributed by atoms with Crippen LogP contribution < -0.4 is 4.90 Å². The van der Waals surface area contributed by atoms with Gasteiger partial charge in [-0.05, 0) is 129 Å². The fourth-order valence-electron chi connectivity index (χ4n) is 10.9. The lowest BCUT2D eigenvalue weighted by atomic mass is 9.67. The predicted octanol–water partition coefficient (Wildman–Crippen LogP) is 14.9. The Balaban J connectivity index is 0.975. The van der Waals surface area contributed by atoms with E-state index in [9.17, 15) is 0 Å². The van der Waals surface area contributed by atoms with Crippen LogP contribution in [0.4, 0.5) is 17.1 Å². The third-order valence-electron chi connectivity index (χ3n) is 13.6. The van der Waals surface area contributed by atoms with Crippen molar-refractivity contribution in [3.05, 3.63) is 233 Å². The molecule has 0 unspecified atom stereocenters. The third-order valence-corrected chi connectivity index (χ3v) is 14.7. The molecule has 1 heterocycles. The van der Waals surface area contributed by atoms with Crippen LogP contribution in [-0.2, 0) is 23.7 Å². The molecule has 8 aromatic carbocycles. The van der Waals surface area contributed by atoms with Gasteiger partial charge in [0.2, 0.25) is 0 Å². The molecule has 0 saturated heterocycles. The fraction of sp³-hybridized carbons (Fsp3) is 0.143. The van der Waals surface area contributed by atoms with Gasteiger partial charge in [-0.15, -0.1) is 0 Å². The maximum absolute atomic E-state index is 2.57. The van der Waals surface area contributed by atoms with Gasteiger partial charge < -0.3 is 4.90 Å². The number of nitrogens with zero attached hydrogens (tertiary/aromatic N) is 1. The van der Waals surface area contributed by atoms with E-state index in [4.69, 9.17) is 0 Å². The molecular formula is C56H45NS. The molecule has 0 fully saturated rings. The summed E-state index contributed by atoms with van der Waals surface area (Å²) in [4.78, 5) is 5.07. The van der Waals surface area contributed by atoms with Gasteiger partial charge in [0.05, 0.1) is 16.8 Å². The molecule has 0 saturated carbocycles. The summed E-state index contributed by atoms with van der Waals surface area (Å²) >= 11 is 1.87. The second kappa shape index (κ2) is 13.8. The smallest absolute Gasteiger partial charge is 0.0713 e. The fourth-order valence-corrected chi connectivity index (χ4v) is 11.9. The molecule has 1 nitrogen and oxygen atoms in total. The van der Waals surface area contributed by atoms with E-state index < -0.39 is 0 Å². The van der Waals surface area contributed by atoms with Crippen LogP contribution in [0.2, 0.25) is 0 Å². The maximum Gasteiger partial charge on any atom is 0.0713 e. The van der Waals surface area contributed by atoms with Crippen molar-refractivity contribution in [2.75, 3.05) is 4.90 Å². The summed E-state index contributed by atoms with van der Waals surface area (Å²) in [6, 6.07) is 70.8. The number of aryl methyl sites for hydroxylation is 2. The highest BCUT2D eigenvalue weighted by Crippen LogP contribution is 2.58. The van der Waals surface area contributed by atoms with Crippen molar-refractivity contribution in [2.45, 2.75) is 60.2 Å². The van der Waals surface area contributed by atoms with Crippen molar-refractivity contribution in [1.82, 2.24) is 0 Å². The van der Waals surface area contributed by atoms with Gasteiger partial charge >= 0.3 is 0 Å². The number of hydrogen-bond donors (Lipinski definition) is 0. The number of benzene rings is 8. The maximum atomic E-state index is 2.57. The summed E-state index contributed by atoms with van der Waals surface area (Å²) in [6.07, 6.45) is 4.08. The highest BCUT2D eigenvalue weighted by atomic mass is 32.2. The normalized spacial score (nSPS) is 14.8. The van der Waals surface area contributed by atoms with Crippen molar-refractivity contribution >= 4 is 28.8 Å². The Morgan fingerprint density at radius 1 is 0.448 bits per heavy atom. The molecule has 280 valence electrons. The van der Waals surface area contributed by atoms with Crippen LogP contribution in [0.1, 0.15) is 71.2 Å². The van der Waals surface area contributed by atoms with E-state index in [0.717, 1.165) is 25.7 Å². The van der Waals surface area contributed by atoms with Crippen LogP contribution in [0.15, 0.2) is 198 Å². The zero-order chi connectivity index (χ0) is 38.8. The molecule has 0 bridgehead atoms. The van der Waals surface area contributed by atoms with E-state index in [0.29, 0.717) is 0 Å². The molecule has 58 heavy (non-hydrogen) atoms. The zero-order valence-corrected chi connectivity index (χ0v) is 33.9. The molecule has 0 aromatic heterocycles. The van der Waals surface area contributed by atoms with Crippen molar-refractivity contribution < 1.29 is 0 Å². The Morgan fingerprint density at radius 3 is 1.69 bits per heavy atom. The van der Waals surface area contributed by atoms with E-state index in [1.807, 2.05) is 11.8 Å². The molecule has 11 rings (SSSR count). The van der Waals surface area contributed by atoms with Crippen LogP contribution >= 0.6 is 11.8 Å². The Kier molecular flexibility index (Phi) is 8.34. The van der Waals surface area contributed by atoms with Crippen LogP contribution in [-0.4, -0.2) is 0 Å². The summed E-state index contributed by atoms with van der Waals surface area (Å²) in [5, 5.41) is 0. The Labute approximate surface area is 347 Å². The SMILES string of the molecule is CCC1(CC)c2cc(CCc3cccc4c3-c3ccccc3C4(c3ccccc3)c3ccccc3)ccc2-c2ccc(N3c4ccccc4Sc4ccccc43)cc21. The predicted molar refractivity (Wildman–Crippen MR) is 243 cm³/mol. The number of fused-ring (bicyclic) bond motifs is 8. The van der Waals surface area contributed by atoms with Crippen molar-refractivity contribution in [3.63, 3.8) is 0 Å². The quantitative estimate of drug-likeness (QED) is 0.152. The van der Waals surface area contributed by atoms with E-state index >= 15 is 0 Å². The number of para-hydroxylation sites is 2. The largest absolute Gasteiger partial charge is 0.308 e. The summed E-state index contributed by atoms with van der Waals surface area (Å²) < 4.78 is 0. The molecule has 0 spiro atoms. The van der Waals surface area contributed by atoms with Gasteiger partial charge in [0.25, 0.3) is 0 Å². The summed E-state index contributed by atoms with van der Waals surface area (Å²) in [5.74, 6) is 0. The Hall–Kier alpha value is -6.09. The first-order valence-electron chi connectivity index (χ1n) is 20.9. The van der Waals surface area contributed by atoms with Gasteiger partial charge in [-0.2, -0.15) is 0 Å². The molecule has 2 heteroatoms. The van der Waals surface area contributed by atoms with Crippen molar-refractivity contribution in [3.8, 4) is 22.3 Å². The van der Waals surface area contributed by atoms with Gasteiger partial charge in [0.1, 0.15) is 0 Å². The first kappa shape index (κ1) is 35.1. The third kappa shape index (κ3) is 5.04. The second-order valence-corrected chi connectivity index (χ2v) is 17.2. The van der Waals surface area contributed by atoms with Crippen LogP contribution in [0.3, 0.4) is 0 Å². The minimum absolute atomic E-state index is 0.0435. The lowest BCUT2D eigenvalue weighted by Crippen LogP contribution is -2.28. The summed E-state index contributed by atoms with van der Waals surface area (Å²) in [6.45, 7) is 4.78. The van der Waals surface area contributed by atoms with Gasteiger partial charge in [-0.25, -0.2) is 0 Å². The summed E-state index contributed by atoms with van der Waals surface area (Å²) in [5.41, 5.74) is 20.0. The minimum Gasteiger partial charge on any atom is -0.308 e. The summed E-state index contributed by atoms with van der Waals surface area (Å²) in [7, 11) is 0. The number of hydrogen-bond acceptors (Lipinski definition) is 2. The Bertz CT molecular complexity index is 2770. The molecular weight excluding hydrogens is 719 g/mol. The Morgan fingerprint density at radius 2 is 1.02 bits per heavy atom. The van der Waals surface area contributed by atoms with Crippen LogP contribution in [0, 0.1) is 0 Å². The lowest BCUT2D eigenvalue weighted by Gasteiger charge is -2.34. The van der Waals surface area contributed by atoms with E-state index in [1.165, 1.54) is 93.6 Å². The number of anilines is 3. The van der Waals surface area contributed by atoms with Gasteiger partial charge in [0.15, 0.2) is 0 Å². The monoisotopic (exact) mass is 763 g/mol. The van der Waals surface area contributed by atoms with Crippen LogP contribution in [0.5, 0.6) is 0 Å². The number of rotatable bonds is 8. The van der Waals surface area contributed by atoms with E-state index in [1.54, 1.807) is 0 Å². The van der Waals surface area contributed by atoms with Gasteiger partial charge in [-0.3, -0.25) is 0 Å². The van der Waals surface area contributed by atoms with Gasteiger partial charge in [0, 0.05) is 20.9 Å². The molecule has 0 amide bonds. The first-order valence-corrected chi connectivity index (χ1v) is 21.7. The molecule has 8 aromatic rings. The van der Waals surface area contributed by atoms with E-state index in [-0.39, 0.29) is 10.8 Å². The topological polar surface area (TPSA) is 3.24 Å². The highest BCUT2D eigenvalue weighted by molar-refractivity contribution is 7.99. The average molecular weight is 764 g/mol. The molecule has 1 aliphatic heterocycles. The van der Waals surface area contributed by atoms with E-state index in [2.05, 4.69) is 207 Å². The minimum atomic E-state index is -0.373. The second-order valence-electron chi connectivity index (χ2n) is 16.1. The molecule has 0 atom stereocenters. The van der Waals surface area contributed by atoms with Gasteiger partial charge in [-0.1, -0.05) is 177 Å². The van der Waals surface area contributed by atoms with Crippen molar-refractivity contribution in [1.29, 1.82) is 0 Å². The molecule has 3 aliphatic rings. The average Bonchev–Trinajstić information content (AvgIpc) is 3.75. The zero-order valence-electron chi connectivity index (χ0n) is 33.1. The standard InChI is InChI=1S/C56H45NS/c1-3-55(4-2)48-36-38(31-34-43(48)44-35-33-42(37-49(44)55)57-50-26-13-15-28-52(50)58-53-29-16-14-27-51(53)57)30-32-39-18-17-25-47-54(39)45-23-11-12-24-46(45)56(47,40-19-7-5-8-20-40)41-21-9-6-10-22-41/h5-29,31,33-37H,3-4,30,32H2,1-2H3.